The summed E-state index contributed by atoms with van der Waals surface area (Å²) >= 11 is 0. The van der Waals surface area contributed by atoms with E-state index in [0.717, 1.165) is 10.9 Å². The van der Waals surface area contributed by atoms with Crippen molar-refractivity contribution in [2.24, 2.45) is 0 Å². The van der Waals surface area contributed by atoms with Crippen molar-refractivity contribution < 1.29 is 5.02 Å². The lowest BCUT2D eigenvalue weighted by Crippen LogP contribution is -2.45. The van der Waals surface area contributed by atoms with E-state index in [4.69, 9.17) is 0 Å². The summed E-state index contributed by atoms with van der Waals surface area (Å²) in [6.07, 6.45) is 0. The van der Waals surface area contributed by atoms with Crippen LogP contribution in [0.25, 0.3) is 0 Å². The maximum absolute atomic E-state index is 10.6. The minimum Gasteiger partial charge on any atom is -0.443 e. The summed E-state index contributed by atoms with van der Waals surface area (Å²) in [5.74, 6) is 0. The highest BCUT2D eigenvalue weighted by Gasteiger charge is 2.21. The fraction of sp³-hybridized carbons (Fsp3) is 0.250. The van der Waals surface area contributed by atoms with E-state index in [9.17, 15) is 5.02 Å². The molecule has 2 rings (SSSR count). The maximum atomic E-state index is 10.6. The van der Waals surface area contributed by atoms with Crippen molar-refractivity contribution >= 4 is 17.8 Å². The van der Waals surface area contributed by atoms with Gasteiger partial charge in [0, 0.05) is 0 Å². The number of rotatable bonds is 2. The Hall–Kier alpha value is -1.54. The lowest BCUT2D eigenvalue weighted by atomic mass is 9.53. The minimum atomic E-state index is -0.537. The van der Waals surface area contributed by atoms with Gasteiger partial charge in [0.25, 0.3) is 0 Å². The molecule has 0 aliphatic carbocycles. The molecule has 2 aromatic carbocycles. The molecule has 0 amide bonds. The summed E-state index contributed by atoms with van der Waals surface area (Å²) in [4.78, 5) is 0. The zero-order valence-electron chi connectivity index (χ0n) is 11.5. The molecule has 18 heavy (non-hydrogen) atoms. The van der Waals surface area contributed by atoms with Gasteiger partial charge in [-0.1, -0.05) is 47.5 Å². The summed E-state index contributed by atoms with van der Waals surface area (Å²) in [7, 11) is 0. The van der Waals surface area contributed by atoms with Gasteiger partial charge >= 0.3 is 6.92 Å². The Morgan fingerprint density at radius 2 is 1.11 bits per heavy atom. The SMILES string of the molecule is Cc1cccc(B(O)c2cccc(C)c2C)c1C. The number of aryl methyl sites for hydroxylation is 2. The normalized spacial score (nSPS) is 10.5. The first kappa shape index (κ1) is 12.9. The molecule has 2 aromatic rings. The topological polar surface area (TPSA) is 20.2 Å². The second-order valence-corrected chi connectivity index (χ2v) is 4.98. The molecular weight excluding hydrogens is 219 g/mol. The molecule has 0 atom stereocenters. The highest BCUT2D eigenvalue weighted by Crippen LogP contribution is 2.07. The summed E-state index contributed by atoms with van der Waals surface area (Å²) in [6.45, 7) is 7.76. The van der Waals surface area contributed by atoms with Crippen molar-refractivity contribution in [1.29, 1.82) is 0 Å². The molecule has 92 valence electrons. The van der Waals surface area contributed by atoms with Crippen LogP contribution in [0.4, 0.5) is 0 Å². The molecule has 0 unspecified atom stereocenters. The van der Waals surface area contributed by atoms with Gasteiger partial charge in [-0.05, 0) is 49.7 Å². The molecule has 0 aromatic heterocycles. The largest absolute Gasteiger partial charge is 0.443 e. The van der Waals surface area contributed by atoms with E-state index in [1.165, 1.54) is 22.3 Å². The molecule has 0 fully saturated rings. The van der Waals surface area contributed by atoms with Crippen LogP contribution < -0.4 is 10.9 Å². The summed E-state index contributed by atoms with van der Waals surface area (Å²) in [6, 6.07) is 12.2. The van der Waals surface area contributed by atoms with Gasteiger partial charge in [-0.2, -0.15) is 0 Å². The fourth-order valence-corrected chi connectivity index (χ4v) is 2.31. The van der Waals surface area contributed by atoms with Gasteiger partial charge < -0.3 is 5.02 Å². The van der Waals surface area contributed by atoms with Crippen molar-refractivity contribution in [3.63, 3.8) is 0 Å². The predicted octanol–water partition coefficient (Wildman–Crippen LogP) is 2.02. The Balaban J connectivity index is 2.51. The first-order valence-electron chi connectivity index (χ1n) is 6.32. The quantitative estimate of drug-likeness (QED) is 0.793. The third-order valence-electron chi connectivity index (χ3n) is 3.88. The molecule has 2 heteroatoms. The van der Waals surface area contributed by atoms with Crippen LogP contribution in [0.3, 0.4) is 0 Å². The molecule has 1 nitrogen and oxygen atoms in total. The van der Waals surface area contributed by atoms with Gasteiger partial charge in [0.2, 0.25) is 0 Å². The molecule has 0 bridgehead atoms. The lowest BCUT2D eigenvalue weighted by molar-refractivity contribution is 0.599. The lowest BCUT2D eigenvalue weighted by Gasteiger charge is -2.15. The zero-order chi connectivity index (χ0) is 13.3. The van der Waals surface area contributed by atoms with E-state index in [-0.39, 0.29) is 0 Å². The molecule has 0 spiro atoms. The molecule has 0 radical (unpaired) electrons. The molecule has 0 heterocycles. The number of benzene rings is 2. The Morgan fingerprint density at radius 3 is 1.50 bits per heavy atom. The first-order valence-corrected chi connectivity index (χ1v) is 6.32. The van der Waals surface area contributed by atoms with Crippen LogP contribution in [0.5, 0.6) is 0 Å². The van der Waals surface area contributed by atoms with Gasteiger partial charge in [0.1, 0.15) is 0 Å². The third-order valence-corrected chi connectivity index (χ3v) is 3.88. The Morgan fingerprint density at radius 1 is 0.722 bits per heavy atom. The van der Waals surface area contributed by atoms with E-state index >= 15 is 0 Å². The molecule has 0 saturated carbocycles. The van der Waals surface area contributed by atoms with E-state index in [1.807, 2.05) is 24.3 Å². The van der Waals surface area contributed by atoms with Gasteiger partial charge in [-0.3, -0.25) is 0 Å². The van der Waals surface area contributed by atoms with Crippen molar-refractivity contribution in [1.82, 2.24) is 0 Å². The van der Waals surface area contributed by atoms with Gasteiger partial charge in [0.05, 0.1) is 0 Å². The molecular formula is C16H19BO. The average molecular weight is 238 g/mol. The summed E-state index contributed by atoms with van der Waals surface area (Å²) in [5.41, 5.74) is 6.79. The van der Waals surface area contributed by atoms with E-state index in [1.54, 1.807) is 0 Å². The maximum Gasteiger partial charge on any atom is 0.359 e. The van der Waals surface area contributed by atoms with E-state index in [2.05, 4.69) is 39.8 Å². The van der Waals surface area contributed by atoms with Crippen LogP contribution in [0.15, 0.2) is 36.4 Å². The van der Waals surface area contributed by atoms with Crippen LogP contribution in [0.1, 0.15) is 22.3 Å². The molecule has 0 saturated heterocycles. The second kappa shape index (κ2) is 4.99. The minimum absolute atomic E-state index is 0.537. The van der Waals surface area contributed by atoms with Gasteiger partial charge in [-0.25, -0.2) is 0 Å². The highest BCUT2D eigenvalue weighted by molar-refractivity contribution is 6.79. The van der Waals surface area contributed by atoms with Crippen LogP contribution in [0, 0.1) is 27.7 Å². The fourth-order valence-electron chi connectivity index (χ4n) is 2.31. The van der Waals surface area contributed by atoms with Gasteiger partial charge in [0.15, 0.2) is 0 Å². The van der Waals surface area contributed by atoms with Crippen molar-refractivity contribution in [3.05, 3.63) is 58.7 Å². The van der Waals surface area contributed by atoms with Crippen molar-refractivity contribution in [2.75, 3.05) is 0 Å². The van der Waals surface area contributed by atoms with Crippen LogP contribution in [-0.2, 0) is 0 Å². The van der Waals surface area contributed by atoms with E-state index < -0.39 is 6.92 Å². The highest BCUT2D eigenvalue weighted by atomic mass is 16.2. The third kappa shape index (κ3) is 2.21. The Labute approximate surface area is 110 Å². The van der Waals surface area contributed by atoms with E-state index in [0.29, 0.717) is 0 Å². The first-order chi connectivity index (χ1) is 8.52. The van der Waals surface area contributed by atoms with Crippen LogP contribution >= 0.6 is 0 Å². The summed E-state index contributed by atoms with van der Waals surface area (Å²) < 4.78 is 0. The standard InChI is InChI=1S/C16H19BO/c1-11-7-5-9-15(13(11)3)17(18)16-10-6-8-12(2)14(16)4/h5-10,18H,1-4H3. The Kier molecular flexibility index (Phi) is 3.58. The van der Waals surface area contributed by atoms with Gasteiger partial charge in [-0.15, -0.1) is 0 Å². The smallest absolute Gasteiger partial charge is 0.359 e. The predicted molar refractivity (Wildman–Crippen MR) is 79.1 cm³/mol. The molecule has 0 aliphatic rings. The second-order valence-electron chi connectivity index (χ2n) is 4.98. The summed E-state index contributed by atoms with van der Waals surface area (Å²) in [5, 5.41) is 10.6. The average Bonchev–Trinajstić information content (AvgIpc) is 2.35. The monoisotopic (exact) mass is 238 g/mol. The number of hydrogen-bond donors (Lipinski definition) is 1. The molecule has 0 aliphatic heterocycles. The van der Waals surface area contributed by atoms with Crippen LogP contribution in [0.2, 0.25) is 0 Å². The number of hydrogen-bond acceptors (Lipinski definition) is 1. The van der Waals surface area contributed by atoms with Crippen LogP contribution in [-0.4, -0.2) is 11.9 Å². The van der Waals surface area contributed by atoms with Crippen molar-refractivity contribution in [2.45, 2.75) is 27.7 Å². The molecule has 1 N–H and O–H groups in total. The van der Waals surface area contributed by atoms with Crippen molar-refractivity contribution in [3.8, 4) is 0 Å². The zero-order valence-corrected chi connectivity index (χ0v) is 11.5. The Bertz CT molecular complexity index is 524.